The number of amides is 1. The highest BCUT2D eigenvalue weighted by molar-refractivity contribution is 9.11. The van der Waals surface area contributed by atoms with Crippen LogP contribution in [0.2, 0.25) is 0 Å². The molecule has 0 fully saturated rings. The smallest absolute Gasteiger partial charge is 0.251 e. The Morgan fingerprint density at radius 1 is 1.20 bits per heavy atom. The zero-order valence-corrected chi connectivity index (χ0v) is 14.0. The summed E-state index contributed by atoms with van der Waals surface area (Å²) >= 11 is 6.76. The number of halogens is 2. The Morgan fingerprint density at radius 2 is 1.95 bits per heavy atom. The van der Waals surface area contributed by atoms with E-state index in [1.54, 1.807) is 12.5 Å². The molecule has 2 rings (SSSR count). The van der Waals surface area contributed by atoms with E-state index in [0.717, 1.165) is 28.3 Å². The molecule has 2 aromatic rings. The molecule has 0 aliphatic carbocycles. The number of hydrogen-bond acceptors (Lipinski definition) is 2. The summed E-state index contributed by atoms with van der Waals surface area (Å²) in [6.45, 7) is 1.61. The highest BCUT2D eigenvalue weighted by atomic mass is 79.9. The van der Waals surface area contributed by atoms with Crippen LogP contribution in [0, 0.1) is 0 Å². The fraction of sp³-hybridized carbons (Fsp3) is 0.286. The first-order valence-corrected chi connectivity index (χ1v) is 7.94. The van der Waals surface area contributed by atoms with Crippen LogP contribution in [-0.4, -0.2) is 22.0 Å². The normalized spacial score (nSPS) is 10.5. The molecule has 106 valence electrons. The number of carbonyl (C=O) groups excluding carboxylic acids is 1. The maximum absolute atomic E-state index is 12.0. The lowest BCUT2D eigenvalue weighted by atomic mass is 10.2. The van der Waals surface area contributed by atoms with Crippen molar-refractivity contribution in [1.82, 2.24) is 14.9 Å². The van der Waals surface area contributed by atoms with E-state index in [1.807, 2.05) is 29.0 Å². The van der Waals surface area contributed by atoms with E-state index < -0.39 is 0 Å². The molecule has 0 atom stereocenters. The van der Waals surface area contributed by atoms with E-state index in [2.05, 4.69) is 42.2 Å². The van der Waals surface area contributed by atoms with Gasteiger partial charge in [0.05, 0.1) is 6.33 Å². The number of hydrogen-bond donors (Lipinski definition) is 1. The molecule has 0 aliphatic heterocycles. The summed E-state index contributed by atoms with van der Waals surface area (Å²) in [5.41, 5.74) is 0.654. The fourth-order valence-corrected chi connectivity index (χ4v) is 3.12. The second kappa shape index (κ2) is 7.59. The van der Waals surface area contributed by atoms with Crippen molar-refractivity contribution >= 4 is 37.8 Å². The van der Waals surface area contributed by atoms with E-state index in [9.17, 15) is 4.79 Å². The molecule has 1 N–H and O–H groups in total. The zero-order valence-electron chi connectivity index (χ0n) is 10.9. The van der Waals surface area contributed by atoms with Crippen molar-refractivity contribution in [2.45, 2.75) is 19.4 Å². The molecule has 0 unspecified atom stereocenters. The van der Waals surface area contributed by atoms with Crippen molar-refractivity contribution in [3.05, 3.63) is 51.4 Å². The van der Waals surface area contributed by atoms with Gasteiger partial charge in [-0.15, -0.1) is 0 Å². The van der Waals surface area contributed by atoms with Gasteiger partial charge in [-0.25, -0.2) is 4.98 Å². The number of rotatable bonds is 6. The van der Waals surface area contributed by atoms with Gasteiger partial charge in [-0.3, -0.25) is 4.79 Å². The summed E-state index contributed by atoms with van der Waals surface area (Å²) in [7, 11) is 0. The topological polar surface area (TPSA) is 46.9 Å². The summed E-state index contributed by atoms with van der Waals surface area (Å²) in [6, 6.07) is 5.53. The minimum absolute atomic E-state index is 0.0466. The van der Waals surface area contributed by atoms with Gasteiger partial charge < -0.3 is 9.88 Å². The quantitative estimate of drug-likeness (QED) is 0.752. The number of benzene rings is 1. The summed E-state index contributed by atoms with van der Waals surface area (Å²) in [6.07, 6.45) is 7.47. The Bertz CT molecular complexity index is 550. The lowest BCUT2D eigenvalue weighted by Crippen LogP contribution is -2.24. The molecule has 0 bridgehead atoms. The predicted octanol–water partition coefficient (Wildman–Crippen LogP) is 3.62. The van der Waals surface area contributed by atoms with Gasteiger partial charge in [-0.2, -0.15) is 0 Å². The molecule has 0 aliphatic rings. The Morgan fingerprint density at radius 3 is 2.60 bits per heavy atom. The van der Waals surface area contributed by atoms with Gasteiger partial charge in [0.15, 0.2) is 0 Å². The molecule has 20 heavy (non-hydrogen) atoms. The predicted molar refractivity (Wildman–Crippen MR) is 85.6 cm³/mol. The fourth-order valence-electron chi connectivity index (χ4n) is 1.83. The van der Waals surface area contributed by atoms with Crippen LogP contribution in [0.15, 0.2) is 45.9 Å². The largest absolute Gasteiger partial charge is 0.352 e. The number of aromatic nitrogens is 2. The third-order valence-electron chi connectivity index (χ3n) is 2.81. The lowest BCUT2D eigenvalue weighted by molar-refractivity contribution is 0.0952. The highest BCUT2D eigenvalue weighted by Gasteiger charge is 2.06. The summed E-state index contributed by atoms with van der Waals surface area (Å²) in [5.74, 6) is -0.0466. The van der Waals surface area contributed by atoms with Crippen molar-refractivity contribution in [3.63, 3.8) is 0 Å². The number of carbonyl (C=O) groups is 1. The van der Waals surface area contributed by atoms with E-state index >= 15 is 0 Å². The first kappa shape index (κ1) is 15.3. The Labute approximate surface area is 134 Å². The highest BCUT2D eigenvalue weighted by Crippen LogP contribution is 2.19. The van der Waals surface area contributed by atoms with Crippen LogP contribution in [0.3, 0.4) is 0 Å². The molecule has 0 saturated heterocycles. The SMILES string of the molecule is O=C(NCCCCn1ccnc1)c1cc(Br)cc(Br)c1. The van der Waals surface area contributed by atoms with Gasteiger partial charge >= 0.3 is 0 Å². The van der Waals surface area contributed by atoms with Crippen LogP contribution in [0.1, 0.15) is 23.2 Å². The number of unbranched alkanes of at least 4 members (excludes halogenated alkanes) is 1. The molecule has 0 radical (unpaired) electrons. The second-order valence-corrected chi connectivity index (χ2v) is 6.25. The molecular weight excluding hydrogens is 386 g/mol. The second-order valence-electron chi connectivity index (χ2n) is 4.42. The molecule has 1 heterocycles. The van der Waals surface area contributed by atoms with Crippen molar-refractivity contribution in [2.75, 3.05) is 6.54 Å². The van der Waals surface area contributed by atoms with Gasteiger partial charge in [0.25, 0.3) is 5.91 Å². The van der Waals surface area contributed by atoms with Gasteiger partial charge in [0.2, 0.25) is 0 Å². The zero-order chi connectivity index (χ0) is 14.4. The van der Waals surface area contributed by atoms with Gasteiger partial charge in [0.1, 0.15) is 0 Å². The Hall–Kier alpha value is -1.14. The molecule has 6 heteroatoms. The van der Waals surface area contributed by atoms with Crippen LogP contribution in [-0.2, 0) is 6.54 Å². The standard InChI is InChI=1S/C14H15Br2N3O/c15-12-7-11(8-13(16)9-12)14(20)18-3-1-2-5-19-6-4-17-10-19/h4,6-10H,1-3,5H2,(H,18,20). The first-order valence-electron chi connectivity index (χ1n) is 6.35. The molecule has 1 aromatic carbocycles. The van der Waals surface area contributed by atoms with Crippen LogP contribution >= 0.6 is 31.9 Å². The third-order valence-corrected chi connectivity index (χ3v) is 3.73. The molecule has 4 nitrogen and oxygen atoms in total. The van der Waals surface area contributed by atoms with Crippen LogP contribution in [0.5, 0.6) is 0 Å². The maximum atomic E-state index is 12.0. The molecular formula is C14H15Br2N3O. The van der Waals surface area contributed by atoms with Crippen molar-refractivity contribution < 1.29 is 4.79 Å². The Balaban J connectivity index is 1.72. The van der Waals surface area contributed by atoms with Crippen molar-refractivity contribution in [1.29, 1.82) is 0 Å². The average molecular weight is 401 g/mol. The average Bonchev–Trinajstić information content (AvgIpc) is 2.90. The van der Waals surface area contributed by atoms with Crippen molar-refractivity contribution in [3.8, 4) is 0 Å². The third kappa shape index (κ3) is 4.76. The van der Waals surface area contributed by atoms with Crippen LogP contribution < -0.4 is 5.32 Å². The van der Waals surface area contributed by atoms with Crippen LogP contribution in [0.4, 0.5) is 0 Å². The molecule has 1 amide bonds. The lowest BCUT2D eigenvalue weighted by Gasteiger charge is -2.06. The molecule has 1 aromatic heterocycles. The molecule has 0 spiro atoms. The van der Waals surface area contributed by atoms with Gasteiger partial charge in [0, 0.05) is 40.0 Å². The number of imidazole rings is 1. The number of aryl methyl sites for hydroxylation is 1. The van der Waals surface area contributed by atoms with E-state index in [0.29, 0.717) is 12.1 Å². The summed E-state index contributed by atoms with van der Waals surface area (Å²) in [5, 5.41) is 2.93. The van der Waals surface area contributed by atoms with Gasteiger partial charge in [-0.05, 0) is 31.0 Å². The van der Waals surface area contributed by atoms with Crippen LogP contribution in [0.25, 0.3) is 0 Å². The van der Waals surface area contributed by atoms with Crippen molar-refractivity contribution in [2.24, 2.45) is 0 Å². The van der Waals surface area contributed by atoms with Gasteiger partial charge in [-0.1, -0.05) is 31.9 Å². The summed E-state index contributed by atoms with van der Waals surface area (Å²) in [4.78, 5) is 16.0. The monoisotopic (exact) mass is 399 g/mol. The minimum atomic E-state index is -0.0466. The minimum Gasteiger partial charge on any atom is -0.352 e. The maximum Gasteiger partial charge on any atom is 0.251 e. The van der Waals surface area contributed by atoms with E-state index in [1.165, 1.54) is 0 Å². The summed E-state index contributed by atoms with van der Waals surface area (Å²) < 4.78 is 3.81. The van der Waals surface area contributed by atoms with E-state index in [4.69, 9.17) is 0 Å². The van der Waals surface area contributed by atoms with E-state index in [-0.39, 0.29) is 5.91 Å². The number of nitrogens with zero attached hydrogens (tertiary/aromatic N) is 2. The first-order chi connectivity index (χ1) is 9.65. The molecule has 0 saturated carbocycles. The number of nitrogens with one attached hydrogen (secondary N) is 1. The Kier molecular flexibility index (Phi) is 5.79.